The van der Waals surface area contributed by atoms with Crippen molar-refractivity contribution in [3.63, 3.8) is 0 Å². The van der Waals surface area contributed by atoms with Crippen molar-refractivity contribution in [1.29, 1.82) is 0 Å². The van der Waals surface area contributed by atoms with Crippen molar-refractivity contribution < 1.29 is 9.53 Å². The van der Waals surface area contributed by atoms with E-state index in [1.54, 1.807) is 19.1 Å². The lowest BCUT2D eigenvalue weighted by Gasteiger charge is -2.13. The predicted molar refractivity (Wildman–Crippen MR) is 99.5 cm³/mol. The molecule has 0 fully saturated rings. The largest absolute Gasteiger partial charge is 0.465 e. The molecule has 8 heteroatoms. The first-order valence-corrected chi connectivity index (χ1v) is 9.00. The standard InChI is InChI=1S/C17H19BrClN3O3/c1-2-25-15(23)9-22-10-21-14(16(18)17(22)24)8-7-13(20)11-3-5-12(19)6-4-11/h3-6,10,13H,2,7-9,20H2,1H3. The topological polar surface area (TPSA) is 87.2 Å². The first-order chi connectivity index (χ1) is 11.9. The van der Waals surface area contributed by atoms with Crippen molar-refractivity contribution in [1.82, 2.24) is 9.55 Å². The molecule has 1 atom stereocenters. The van der Waals surface area contributed by atoms with E-state index in [0.29, 0.717) is 28.0 Å². The minimum Gasteiger partial charge on any atom is -0.465 e. The van der Waals surface area contributed by atoms with E-state index in [1.807, 2.05) is 12.1 Å². The molecule has 0 saturated heterocycles. The number of halogens is 2. The molecule has 0 radical (unpaired) electrons. The fourth-order valence-electron chi connectivity index (χ4n) is 2.30. The summed E-state index contributed by atoms with van der Waals surface area (Å²) in [5.74, 6) is -0.476. The molecular weight excluding hydrogens is 410 g/mol. The Morgan fingerprint density at radius 3 is 2.72 bits per heavy atom. The van der Waals surface area contributed by atoms with E-state index < -0.39 is 5.97 Å². The molecule has 25 heavy (non-hydrogen) atoms. The Labute approximate surface area is 159 Å². The van der Waals surface area contributed by atoms with Crippen molar-refractivity contribution in [2.75, 3.05) is 6.61 Å². The van der Waals surface area contributed by atoms with Crippen LogP contribution >= 0.6 is 27.5 Å². The molecule has 0 aliphatic heterocycles. The molecule has 2 aromatic rings. The highest BCUT2D eigenvalue weighted by Crippen LogP contribution is 2.20. The van der Waals surface area contributed by atoms with E-state index >= 15 is 0 Å². The summed E-state index contributed by atoms with van der Waals surface area (Å²) < 4.78 is 6.39. The van der Waals surface area contributed by atoms with Gasteiger partial charge in [-0.2, -0.15) is 0 Å². The van der Waals surface area contributed by atoms with Gasteiger partial charge in [0.15, 0.2) is 0 Å². The van der Waals surface area contributed by atoms with Crippen LogP contribution in [0.4, 0.5) is 0 Å². The molecule has 0 amide bonds. The van der Waals surface area contributed by atoms with Crippen LogP contribution in [0.5, 0.6) is 0 Å². The second-order valence-corrected chi connectivity index (χ2v) is 6.67. The average molecular weight is 429 g/mol. The van der Waals surface area contributed by atoms with E-state index in [4.69, 9.17) is 22.1 Å². The summed E-state index contributed by atoms with van der Waals surface area (Å²) in [5.41, 5.74) is 7.43. The normalized spacial score (nSPS) is 12.0. The molecular formula is C17H19BrClN3O3. The molecule has 0 aliphatic rings. The maximum atomic E-state index is 12.3. The first-order valence-electron chi connectivity index (χ1n) is 7.82. The fraction of sp³-hybridized carbons (Fsp3) is 0.353. The summed E-state index contributed by atoms with van der Waals surface area (Å²) in [6, 6.07) is 7.16. The van der Waals surface area contributed by atoms with Gasteiger partial charge in [0.05, 0.1) is 18.6 Å². The third-order valence-corrected chi connectivity index (χ3v) is 4.70. The Kier molecular flexibility index (Phi) is 7.16. The highest BCUT2D eigenvalue weighted by atomic mass is 79.9. The molecule has 134 valence electrons. The van der Waals surface area contributed by atoms with Crippen LogP contribution < -0.4 is 11.3 Å². The van der Waals surface area contributed by atoms with E-state index in [-0.39, 0.29) is 24.8 Å². The number of aromatic nitrogens is 2. The van der Waals surface area contributed by atoms with Gasteiger partial charge in [-0.3, -0.25) is 14.2 Å². The smallest absolute Gasteiger partial charge is 0.326 e. The molecule has 0 aliphatic carbocycles. The summed E-state index contributed by atoms with van der Waals surface area (Å²) in [7, 11) is 0. The monoisotopic (exact) mass is 427 g/mol. The molecule has 1 heterocycles. The van der Waals surface area contributed by atoms with Gasteiger partial charge >= 0.3 is 5.97 Å². The van der Waals surface area contributed by atoms with Crippen LogP contribution in [0, 0.1) is 0 Å². The number of hydrogen-bond acceptors (Lipinski definition) is 5. The lowest BCUT2D eigenvalue weighted by molar-refractivity contribution is -0.143. The lowest BCUT2D eigenvalue weighted by Crippen LogP contribution is -2.27. The van der Waals surface area contributed by atoms with Gasteiger partial charge in [-0.1, -0.05) is 23.7 Å². The number of rotatable bonds is 7. The number of nitrogens with two attached hydrogens (primary N) is 1. The van der Waals surface area contributed by atoms with Gasteiger partial charge in [-0.05, 0) is 53.4 Å². The van der Waals surface area contributed by atoms with Gasteiger partial charge in [-0.25, -0.2) is 4.98 Å². The second kappa shape index (κ2) is 9.12. The van der Waals surface area contributed by atoms with Gasteiger partial charge in [0.2, 0.25) is 0 Å². The summed E-state index contributed by atoms with van der Waals surface area (Å²) in [6.45, 7) is 1.81. The summed E-state index contributed by atoms with van der Waals surface area (Å²) in [5, 5.41) is 0.658. The van der Waals surface area contributed by atoms with Crippen molar-refractivity contribution >= 4 is 33.5 Å². The van der Waals surface area contributed by atoms with Crippen LogP contribution in [-0.4, -0.2) is 22.1 Å². The van der Waals surface area contributed by atoms with E-state index in [1.165, 1.54) is 10.9 Å². The van der Waals surface area contributed by atoms with Gasteiger partial charge in [0.1, 0.15) is 11.0 Å². The van der Waals surface area contributed by atoms with Crippen LogP contribution in [0.15, 0.2) is 39.9 Å². The first kappa shape index (κ1) is 19.6. The van der Waals surface area contributed by atoms with E-state index in [9.17, 15) is 9.59 Å². The third kappa shape index (κ3) is 5.39. The van der Waals surface area contributed by atoms with Gasteiger partial charge in [0.25, 0.3) is 5.56 Å². The zero-order valence-corrected chi connectivity index (χ0v) is 16.1. The molecule has 6 nitrogen and oxygen atoms in total. The summed E-state index contributed by atoms with van der Waals surface area (Å²) in [4.78, 5) is 28.1. The Morgan fingerprint density at radius 1 is 1.40 bits per heavy atom. The van der Waals surface area contributed by atoms with Crippen LogP contribution in [0.1, 0.15) is 30.6 Å². The number of esters is 1. The van der Waals surface area contributed by atoms with Crippen molar-refractivity contribution in [3.8, 4) is 0 Å². The Hall–Kier alpha value is -1.70. The number of benzene rings is 1. The van der Waals surface area contributed by atoms with Gasteiger partial charge in [0, 0.05) is 11.1 Å². The number of nitrogens with zero attached hydrogens (tertiary/aromatic N) is 2. The molecule has 2 rings (SSSR count). The maximum Gasteiger partial charge on any atom is 0.326 e. The summed E-state index contributed by atoms with van der Waals surface area (Å²) in [6.07, 6.45) is 2.50. The highest BCUT2D eigenvalue weighted by molar-refractivity contribution is 9.10. The zero-order valence-electron chi connectivity index (χ0n) is 13.7. The minimum absolute atomic E-state index is 0.164. The zero-order chi connectivity index (χ0) is 18.4. The highest BCUT2D eigenvalue weighted by Gasteiger charge is 2.14. The van der Waals surface area contributed by atoms with Crippen molar-refractivity contribution in [2.45, 2.75) is 32.4 Å². The maximum absolute atomic E-state index is 12.3. The second-order valence-electron chi connectivity index (χ2n) is 5.44. The van der Waals surface area contributed by atoms with E-state index in [0.717, 1.165) is 5.56 Å². The molecule has 0 bridgehead atoms. The van der Waals surface area contributed by atoms with Gasteiger partial charge < -0.3 is 10.5 Å². The van der Waals surface area contributed by atoms with Crippen LogP contribution in [0.3, 0.4) is 0 Å². The summed E-state index contributed by atoms with van der Waals surface area (Å²) >= 11 is 9.14. The number of ether oxygens (including phenoxy) is 1. The van der Waals surface area contributed by atoms with Crippen LogP contribution in [0.2, 0.25) is 5.02 Å². The number of carbonyl (C=O) groups excluding carboxylic acids is 1. The number of hydrogen-bond donors (Lipinski definition) is 1. The Morgan fingerprint density at radius 2 is 2.08 bits per heavy atom. The number of aryl methyl sites for hydroxylation is 1. The van der Waals surface area contributed by atoms with E-state index in [2.05, 4.69) is 20.9 Å². The van der Waals surface area contributed by atoms with Gasteiger partial charge in [-0.15, -0.1) is 0 Å². The Balaban J connectivity index is 2.05. The lowest BCUT2D eigenvalue weighted by atomic mass is 10.0. The van der Waals surface area contributed by atoms with Crippen molar-refractivity contribution in [3.05, 3.63) is 61.7 Å². The number of carbonyl (C=O) groups is 1. The minimum atomic E-state index is -0.476. The molecule has 1 unspecified atom stereocenters. The molecule has 0 saturated carbocycles. The van der Waals surface area contributed by atoms with Crippen LogP contribution in [-0.2, 0) is 22.5 Å². The van der Waals surface area contributed by atoms with Crippen LogP contribution in [0.25, 0.3) is 0 Å². The molecule has 0 spiro atoms. The predicted octanol–water partition coefficient (Wildman–Crippen LogP) is 2.85. The SMILES string of the molecule is CCOC(=O)Cn1cnc(CCC(N)c2ccc(Cl)cc2)c(Br)c1=O. The quantitative estimate of drug-likeness (QED) is 0.685. The molecule has 1 aromatic heterocycles. The molecule has 1 aromatic carbocycles. The average Bonchev–Trinajstić information content (AvgIpc) is 2.59. The Bertz CT molecular complexity index is 793. The molecule has 2 N–H and O–H groups in total. The fourth-order valence-corrected chi connectivity index (χ4v) is 2.95. The van der Waals surface area contributed by atoms with Crippen molar-refractivity contribution in [2.24, 2.45) is 5.73 Å². The third-order valence-electron chi connectivity index (χ3n) is 3.65.